The van der Waals surface area contributed by atoms with E-state index >= 15 is 0 Å². The highest BCUT2D eigenvalue weighted by atomic mass is 19.3. The van der Waals surface area contributed by atoms with Crippen molar-refractivity contribution in [2.24, 2.45) is 10.7 Å². The second kappa shape index (κ2) is 6.97. The van der Waals surface area contributed by atoms with E-state index in [0.717, 1.165) is 0 Å². The monoisotopic (exact) mass is 180 g/mol. The molecule has 72 valence electrons. The van der Waals surface area contributed by atoms with Crippen molar-refractivity contribution < 1.29 is 13.5 Å². The zero-order valence-corrected chi connectivity index (χ0v) is 7.09. The van der Waals surface area contributed by atoms with Gasteiger partial charge in [0.05, 0.1) is 19.0 Å². The first-order valence-corrected chi connectivity index (χ1v) is 3.81. The van der Waals surface area contributed by atoms with E-state index in [1.165, 1.54) is 0 Å². The lowest BCUT2D eigenvalue weighted by molar-refractivity contribution is 0.0207. The summed E-state index contributed by atoms with van der Waals surface area (Å²) in [7, 11) is 0. The Hall–Kier alpha value is -0.710. The third kappa shape index (κ3) is 7.40. The predicted molar refractivity (Wildman–Crippen MR) is 43.6 cm³/mol. The Balaban J connectivity index is 3.21. The summed E-state index contributed by atoms with van der Waals surface area (Å²) in [5, 5.41) is 0. The van der Waals surface area contributed by atoms with Crippen LogP contribution in [0.3, 0.4) is 0 Å². The molecule has 0 spiro atoms. The first-order valence-electron chi connectivity index (χ1n) is 3.81. The molecule has 0 radical (unpaired) electrons. The van der Waals surface area contributed by atoms with Crippen LogP contribution >= 0.6 is 0 Å². The van der Waals surface area contributed by atoms with Crippen LogP contribution in [0.4, 0.5) is 8.78 Å². The zero-order chi connectivity index (χ0) is 9.40. The van der Waals surface area contributed by atoms with Crippen molar-refractivity contribution in [3.63, 3.8) is 0 Å². The summed E-state index contributed by atoms with van der Waals surface area (Å²) in [6, 6.07) is 0. The molecule has 0 aromatic carbocycles. The number of alkyl halides is 2. The van der Waals surface area contributed by atoms with Crippen molar-refractivity contribution in [3.8, 4) is 0 Å². The van der Waals surface area contributed by atoms with Crippen molar-refractivity contribution in [2.75, 3.05) is 19.8 Å². The Labute approximate surface area is 70.6 Å². The molecule has 5 heteroatoms. The number of aliphatic imine (C=N–C) groups is 1. The number of halogens is 2. The molecule has 0 aliphatic heterocycles. The smallest absolute Gasteiger partial charge is 0.261 e. The maximum absolute atomic E-state index is 11.5. The van der Waals surface area contributed by atoms with Crippen LogP contribution in [0, 0.1) is 0 Å². The standard InChI is InChI=1S/C7H14F2N2O/c1-2-7(10)11-3-4-12-5-6(8)9/h6H,2-5H2,1H3,(H2,10,11). The van der Waals surface area contributed by atoms with Gasteiger partial charge in [-0.2, -0.15) is 0 Å². The molecule has 0 amide bonds. The summed E-state index contributed by atoms with van der Waals surface area (Å²) >= 11 is 0. The van der Waals surface area contributed by atoms with E-state index in [4.69, 9.17) is 5.73 Å². The van der Waals surface area contributed by atoms with Gasteiger partial charge in [-0.05, 0) is 0 Å². The molecule has 0 aliphatic rings. The third-order valence-corrected chi connectivity index (χ3v) is 1.16. The van der Waals surface area contributed by atoms with E-state index in [0.29, 0.717) is 18.8 Å². The van der Waals surface area contributed by atoms with Crippen molar-refractivity contribution in [1.29, 1.82) is 0 Å². The largest absolute Gasteiger partial charge is 0.387 e. The van der Waals surface area contributed by atoms with Crippen LogP contribution in [-0.4, -0.2) is 32.0 Å². The van der Waals surface area contributed by atoms with Gasteiger partial charge < -0.3 is 10.5 Å². The maximum atomic E-state index is 11.5. The van der Waals surface area contributed by atoms with Crippen LogP contribution in [0.25, 0.3) is 0 Å². The molecular weight excluding hydrogens is 166 g/mol. The molecule has 2 N–H and O–H groups in total. The Morgan fingerprint density at radius 1 is 1.58 bits per heavy atom. The van der Waals surface area contributed by atoms with Gasteiger partial charge in [0.15, 0.2) is 0 Å². The number of amidine groups is 1. The number of nitrogens with two attached hydrogens (primary N) is 1. The van der Waals surface area contributed by atoms with Gasteiger partial charge in [-0.1, -0.05) is 6.92 Å². The minimum atomic E-state index is -2.41. The van der Waals surface area contributed by atoms with Crippen molar-refractivity contribution in [2.45, 2.75) is 19.8 Å². The lowest BCUT2D eigenvalue weighted by Gasteiger charge is -2.00. The normalized spacial score (nSPS) is 12.5. The minimum Gasteiger partial charge on any atom is -0.387 e. The zero-order valence-electron chi connectivity index (χ0n) is 7.09. The molecule has 0 saturated carbocycles. The topological polar surface area (TPSA) is 47.6 Å². The number of ether oxygens (including phenoxy) is 1. The number of nitrogens with zero attached hydrogens (tertiary/aromatic N) is 1. The van der Waals surface area contributed by atoms with Gasteiger partial charge in [-0.15, -0.1) is 0 Å². The van der Waals surface area contributed by atoms with Gasteiger partial charge in [-0.25, -0.2) is 8.78 Å². The SMILES string of the molecule is CCC(N)=NCCOCC(F)F. The fraction of sp³-hybridized carbons (Fsp3) is 0.857. The molecule has 0 heterocycles. The van der Waals surface area contributed by atoms with Crippen LogP contribution in [-0.2, 0) is 4.74 Å². The van der Waals surface area contributed by atoms with Crippen molar-refractivity contribution >= 4 is 5.84 Å². The van der Waals surface area contributed by atoms with Crippen LogP contribution in [0.1, 0.15) is 13.3 Å². The van der Waals surface area contributed by atoms with Crippen LogP contribution in [0.5, 0.6) is 0 Å². The molecule has 0 aromatic rings. The highest BCUT2D eigenvalue weighted by molar-refractivity contribution is 5.79. The van der Waals surface area contributed by atoms with Gasteiger partial charge in [0.25, 0.3) is 6.43 Å². The summed E-state index contributed by atoms with van der Waals surface area (Å²) < 4.78 is 27.6. The molecule has 0 aliphatic carbocycles. The van der Waals surface area contributed by atoms with Crippen LogP contribution < -0.4 is 5.73 Å². The molecule has 12 heavy (non-hydrogen) atoms. The quantitative estimate of drug-likeness (QED) is 0.377. The highest BCUT2D eigenvalue weighted by Crippen LogP contribution is 1.91. The summed E-state index contributed by atoms with van der Waals surface area (Å²) in [5.74, 6) is 0.524. The molecule has 0 saturated heterocycles. The molecular formula is C7H14F2N2O. The van der Waals surface area contributed by atoms with Gasteiger partial charge in [0, 0.05) is 6.42 Å². The summed E-state index contributed by atoms with van der Waals surface area (Å²) in [4.78, 5) is 3.86. The van der Waals surface area contributed by atoms with E-state index in [9.17, 15) is 8.78 Å². The average Bonchev–Trinajstić information content (AvgIpc) is 2.03. The Morgan fingerprint density at radius 3 is 2.75 bits per heavy atom. The van der Waals surface area contributed by atoms with Crippen LogP contribution in [0.15, 0.2) is 4.99 Å². The first-order chi connectivity index (χ1) is 5.66. The Kier molecular flexibility index (Phi) is 6.55. The lowest BCUT2D eigenvalue weighted by Crippen LogP contribution is -2.13. The molecule has 3 nitrogen and oxygen atoms in total. The van der Waals surface area contributed by atoms with E-state index in [-0.39, 0.29) is 6.61 Å². The molecule has 0 atom stereocenters. The van der Waals surface area contributed by atoms with Gasteiger partial charge in [-0.3, -0.25) is 4.99 Å². The first kappa shape index (κ1) is 11.3. The summed E-state index contributed by atoms with van der Waals surface area (Å²) in [6.45, 7) is 1.90. The second-order valence-corrected chi connectivity index (χ2v) is 2.19. The Bertz CT molecular complexity index is 139. The Morgan fingerprint density at radius 2 is 2.25 bits per heavy atom. The third-order valence-electron chi connectivity index (χ3n) is 1.16. The van der Waals surface area contributed by atoms with Gasteiger partial charge >= 0.3 is 0 Å². The van der Waals surface area contributed by atoms with Gasteiger partial charge in [0.2, 0.25) is 0 Å². The summed E-state index contributed by atoms with van der Waals surface area (Å²) in [5.41, 5.74) is 5.36. The number of rotatable bonds is 6. The van der Waals surface area contributed by atoms with Crippen LogP contribution in [0.2, 0.25) is 0 Å². The average molecular weight is 180 g/mol. The fourth-order valence-electron chi connectivity index (χ4n) is 0.538. The minimum absolute atomic E-state index is 0.199. The molecule has 0 unspecified atom stereocenters. The number of hydrogen-bond acceptors (Lipinski definition) is 2. The molecule has 0 aromatic heterocycles. The van der Waals surface area contributed by atoms with E-state index in [1.54, 1.807) is 0 Å². The maximum Gasteiger partial charge on any atom is 0.261 e. The van der Waals surface area contributed by atoms with Crippen molar-refractivity contribution in [3.05, 3.63) is 0 Å². The number of hydrogen-bond donors (Lipinski definition) is 1. The van der Waals surface area contributed by atoms with Crippen molar-refractivity contribution in [1.82, 2.24) is 0 Å². The highest BCUT2D eigenvalue weighted by Gasteiger charge is 2.00. The van der Waals surface area contributed by atoms with E-state index < -0.39 is 13.0 Å². The predicted octanol–water partition coefficient (Wildman–Crippen LogP) is 1.04. The molecule has 0 rings (SSSR count). The second-order valence-electron chi connectivity index (χ2n) is 2.19. The van der Waals surface area contributed by atoms with E-state index in [1.807, 2.05) is 6.92 Å². The van der Waals surface area contributed by atoms with Gasteiger partial charge in [0.1, 0.15) is 6.61 Å². The molecule has 0 bridgehead atoms. The molecule has 0 fully saturated rings. The fourth-order valence-corrected chi connectivity index (χ4v) is 0.538. The lowest BCUT2D eigenvalue weighted by atomic mass is 10.4. The van der Waals surface area contributed by atoms with E-state index in [2.05, 4.69) is 9.73 Å². The summed E-state index contributed by atoms with van der Waals surface area (Å²) in [6.07, 6.45) is -1.73.